The molecule has 0 saturated heterocycles. The Labute approximate surface area is 294 Å². The highest BCUT2D eigenvalue weighted by Gasteiger charge is 2.52. The van der Waals surface area contributed by atoms with Crippen molar-refractivity contribution in [2.45, 2.75) is 114 Å². The highest BCUT2D eigenvalue weighted by atomic mass is 16.2. The molecule has 8 aliphatic rings. The second-order valence-corrected chi connectivity index (χ2v) is 17.4. The standard InChI is InChI=1S/C42H50N4O4/c47-37(43-35-5-1-33(2-6-35)41-21-27-15-28(22-41)17-29(16-27)23-41)9-12-45-13-11-39(49)46(40(45)50)14-10-38(48)44-36-7-3-34(4-8-36)42-24-30-18-31(25-42)20-32(19-30)26-42/h1-8,11,13,27-32H,9-10,12,14-26H2,(H,43,47)(H,44,48). The normalized spacial score (nSPS) is 33.0. The van der Waals surface area contributed by atoms with Crippen LogP contribution in [0.25, 0.3) is 0 Å². The van der Waals surface area contributed by atoms with Gasteiger partial charge >= 0.3 is 5.69 Å². The van der Waals surface area contributed by atoms with Gasteiger partial charge in [0.25, 0.3) is 5.56 Å². The summed E-state index contributed by atoms with van der Waals surface area (Å²) in [5, 5.41) is 5.93. The van der Waals surface area contributed by atoms with Gasteiger partial charge in [-0.2, -0.15) is 0 Å². The third kappa shape index (κ3) is 5.96. The molecule has 2 aromatic carbocycles. The lowest BCUT2D eigenvalue weighted by Crippen LogP contribution is -2.48. The highest BCUT2D eigenvalue weighted by Crippen LogP contribution is 2.62. The van der Waals surface area contributed by atoms with Crippen LogP contribution >= 0.6 is 0 Å². The summed E-state index contributed by atoms with van der Waals surface area (Å²) in [4.78, 5) is 51.6. The van der Waals surface area contributed by atoms with Gasteiger partial charge in [0.2, 0.25) is 11.8 Å². The lowest BCUT2D eigenvalue weighted by Gasteiger charge is -2.57. The summed E-state index contributed by atoms with van der Waals surface area (Å²) in [7, 11) is 0. The SMILES string of the molecule is O=C(CCn1ccc(=O)n(CCC(=O)Nc2ccc(C34CC5CC(CC(C5)C3)C4)cc2)c1=O)Nc1ccc(C23CC4CC(CC(C4)C2)C3)cc1. The molecule has 1 heterocycles. The van der Waals surface area contributed by atoms with Gasteiger partial charge in [0.05, 0.1) is 0 Å². The Bertz CT molecular complexity index is 1830. The van der Waals surface area contributed by atoms with Crippen molar-refractivity contribution in [3.05, 3.63) is 92.8 Å². The summed E-state index contributed by atoms with van der Waals surface area (Å²) in [6, 6.07) is 18.1. The van der Waals surface area contributed by atoms with Crippen LogP contribution < -0.4 is 21.9 Å². The lowest BCUT2D eigenvalue weighted by molar-refractivity contribution is -0.117. The number of hydrogen-bond donors (Lipinski definition) is 2. The number of carbonyl (C=O) groups is 2. The first kappa shape index (κ1) is 32.0. The molecular formula is C42H50N4O4. The minimum Gasteiger partial charge on any atom is -0.326 e. The van der Waals surface area contributed by atoms with Crippen LogP contribution in [0.5, 0.6) is 0 Å². The van der Waals surface area contributed by atoms with Gasteiger partial charge in [-0.05, 0) is 159 Å². The average Bonchev–Trinajstić information content (AvgIpc) is 3.07. The van der Waals surface area contributed by atoms with E-state index in [0.29, 0.717) is 10.8 Å². The van der Waals surface area contributed by atoms with Crippen LogP contribution in [-0.2, 0) is 33.5 Å². The molecule has 2 amide bonds. The summed E-state index contributed by atoms with van der Waals surface area (Å²) in [6.45, 7) is 0.108. The minimum absolute atomic E-state index is 0.00434. The van der Waals surface area contributed by atoms with Crippen molar-refractivity contribution in [2.75, 3.05) is 10.6 Å². The summed E-state index contributed by atoms with van der Waals surface area (Å²) < 4.78 is 2.45. The van der Waals surface area contributed by atoms with Crippen LogP contribution in [0.3, 0.4) is 0 Å². The molecule has 2 N–H and O–H groups in total. The molecule has 262 valence electrons. The molecule has 0 spiro atoms. The molecular weight excluding hydrogens is 624 g/mol. The van der Waals surface area contributed by atoms with Crippen molar-refractivity contribution in [2.24, 2.45) is 35.5 Å². The van der Waals surface area contributed by atoms with E-state index in [2.05, 4.69) is 34.9 Å². The van der Waals surface area contributed by atoms with Crippen LogP contribution in [-0.4, -0.2) is 20.9 Å². The minimum atomic E-state index is -0.516. The number of rotatable bonds is 10. The molecule has 8 saturated carbocycles. The second kappa shape index (κ2) is 12.4. The first-order chi connectivity index (χ1) is 24.2. The van der Waals surface area contributed by atoms with Gasteiger partial charge in [-0.15, -0.1) is 0 Å². The second-order valence-electron chi connectivity index (χ2n) is 17.4. The van der Waals surface area contributed by atoms with E-state index in [9.17, 15) is 19.2 Å². The summed E-state index contributed by atoms with van der Waals surface area (Å²) in [5.74, 6) is 4.84. The molecule has 8 aliphatic carbocycles. The molecule has 8 heteroatoms. The molecule has 0 unspecified atom stereocenters. The Balaban J connectivity index is 0.774. The Morgan fingerprint density at radius 3 is 1.34 bits per heavy atom. The maximum absolute atomic E-state index is 13.2. The zero-order valence-corrected chi connectivity index (χ0v) is 29.1. The van der Waals surface area contributed by atoms with Crippen LogP contribution in [0.15, 0.2) is 70.4 Å². The van der Waals surface area contributed by atoms with E-state index >= 15 is 0 Å². The number of carbonyl (C=O) groups excluding carboxylic acids is 2. The molecule has 8 bridgehead atoms. The first-order valence-electron chi connectivity index (χ1n) is 19.3. The fourth-order valence-electron chi connectivity index (χ4n) is 12.6. The van der Waals surface area contributed by atoms with Gasteiger partial charge in [0.15, 0.2) is 0 Å². The summed E-state index contributed by atoms with van der Waals surface area (Å²) >= 11 is 0. The molecule has 8 fully saturated rings. The topological polar surface area (TPSA) is 102 Å². The average molecular weight is 675 g/mol. The van der Waals surface area contributed by atoms with Gasteiger partial charge in [0, 0.05) is 49.6 Å². The molecule has 0 radical (unpaired) electrons. The van der Waals surface area contributed by atoms with Gasteiger partial charge in [-0.25, -0.2) is 4.79 Å². The smallest absolute Gasteiger partial charge is 0.326 e. The van der Waals surface area contributed by atoms with E-state index in [1.807, 2.05) is 24.3 Å². The zero-order chi connectivity index (χ0) is 34.0. The first-order valence-corrected chi connectivity index (χ1v) is 19.3. The zero-order valence-electron chi connectivity index (χ0n) is 29.1. The predicted octanol–water partition coefficient (Wildman–Crippen LogP) is 7.00. The van der Waals surface area contributed by atoms with Crippen LogP contribution in [0.2, 0.25) is 0 Å². The number of aromatic nitrogens is 2. The van der Waals surface area contributed by atoms with Crippen molar-refractivity contribution < 1.29 is 9.59 Å². The molecule has 3 aromatic rings. The van der Waals surface area contributed by atoms with Gasteiger partial charge in [-0.1, -0.05) is 24.3 Å². The number of anilines is 2. The molecule has 0 atom stereocenters. The fourth-order valence-corrected chi connectivity index (χ4v) is 12.6. The Hall–Kier alpha value is -3.94. The van der Waals surface area contributed by atoms with E-state index in [0.717, 1.165) is 51.4 Å². The summed E-state index contributed by atoms with van der Waals surface area (Å²) in [5.41, 5.74) is 3.98. The van der Waals surface area contributed by atoms with Crippen molar-refractivity contribution >= 4 is 23.2 Å². The largest absolute Gasteiger partial charge is 0.330 e. The maximum atomic E-state index is 13.2. The fraction of sp³-hybridized carbons (Fsp3) is 0.571. The van der Waals surface area contributed by atoms with E-state index in [4.69, 9.17) is 0 Å². The van der Waals surface area contributed by atoms with Crippen molar-refractivity contribution in [1.82, 2.24) is 9.13 Å². The number of hydrogen-bond acceptors (Lipinski definition) is 4. The number of nitrogens with zero attached hydrogens (tertiary/aromatic N) is 2. The van der Waals surface area contributed by atoms with Crippen molar-refractivity contribution in [3.8, 4) is 0 Å². The Morgan fingerprint density at radius 1 is 0.560 bits per heavy atom. The third-order valence-corrected chi connectivity index (χ3v) is 13.9. The quantitative estimate of drug-likeness (QED) is 0.242. The number of aryl methyl sites for hydroxylation is 1. The van der Waals surface area contributed by atoms with Crippen LogP contribution in [0.1, 0.15) is 101 Å². The number of amides is 2. The van der Waals surface area contributed by atoms with E-state index in [1.165, 1.54) is 105 Å². The van der Waals surface area contributed by atoms with Crippen LogP contribution in [0.4, 0.5) is 11.4 Å². The van der Waals surface area contributed by atoms with Gasteiger partial charge in [0.1, 0.15) is 0 Å². The van der Waals surface area contributed by atoms with E-state index in [1.54, 1.807) is 0 Å². The third-order valence-electron chi connectivity index (χ3n) is 13.9. The predicted molar refractivity (Wildman–Crippen MR) is 194 cm³/mol. The van der Waals surface area contributed by atoms with Crippen molar-refractivity contribution in [3.63, 3.8) is 0 Å². The monoisotopic (exact) mass is 674 g/mol. The van der Waals surface area contributed by atoms with Crippen LogP contribution in [0, 0.1) is 35.5 Å². The molecule has 11 rings (SSSR count). The lowest BCUT2D eigenvalue weighted by atomic mass is 9.48. The van der Waals surface area contributed by atoms with E-state index < -0.39 is 11.2 Å². The molecule has 1 aromatic heterocycles. The number of nitrogens with one attached hydrogen (secondary N) is 2. The number of benzene rings is 2. The van der Waals surface area contributed by atoms with Crippen molar-refractivity contribution in [1.29, 1.82) is 0 Å². The van der Waals surface area contributed by atoms with Gasteiger partial charge < -0.3 is 10.6 Å². The highest BCUT2D eigenvalue weighted by molar-refractivity contribution is 5.91. The Kier molecular flexibility index (Phi) is 7.92. The molecule has 0 aliphatic heterocycles. The maximum Gasteiger partial charge on any atom is 0.330 e. The molecule has 8 nitrogen and oxygen atoms in total. The summed E-state index contributed by atoms with van der Waals surface area (Å²) in [6.07, 6.45) is 17.8. The molecule has 50 heavy (non-hydrogen) atoms. The van der Waals surface area contributed by atoms with E-state index in [-0.39, 0.29) is 37.7 Å². The van der Waals surface area contributed by atoms with Gasteiger partial charge in [-0.3, -0.25) is 23.5 Å². The Morgan fingerprint density at radius 2 is 0.940 bits per heavy atom.